The average Bonchev–Trinajstić information content (AvgIpc) is 2.59. The first-order valence-corrected chi connectivity index (χ1v) is 8.93. The Bertz CT molecular complexity index is 747. The molecule has 0 atom stereocenters. The molecule has 0 radical (unpaired) electrons. The summed E-state index contributed by atoms with van der Waals surface area (Å²) in [6.07, 6.45) is 0. The molecule has 116 valence electrons. The van der Waals surface area contributed by atoms with Gasteiger partial charge in [-0.15, -0.1) is 0 Å². The van der Waals surface area contributed by atoms with E-state index in [1.54, 1.807) is 7.11 Å². The number of hydrogen-bond donors (Lipinski definition) is 0. The minimum atomic E-state index is -0.104. The van der Waals surface area contributed by atoms with Gasteiger partial charge in [0.2, 0.25) is 0 Å². The van der Waals surface area contributed by atoms with Crippen LogP contribution in [0.2, 0.25) is 0 Å². The van der Waals surface area contributed by atoms with Crippen LogP contribution >= 0.6 is 0 Å². The summed E-state index contributed by atoms with van der Waals surface area (Å²) in [6, 6.07) is 25.8. The van der Waals surface area contributed by atoms with Gasteiger partial charge in [0, 0.05) is 11.1 Å². The van der Waals surface area contributed by atoms with Crippen LogP contribution in [0.3, 0.4) is 0 Å². The fourth-order valence-electron chi connectivity index (χ4n) is 2.66. The first kappa shape index (κ1) is 15.7. The van der Waals surface area contributed by atoms with Gasteiger partial charge >= 0.3 is 0 Å². The Balaban J connectivity index is 2.17. The number of methoxy groups -OCH3 is 1. The highest BCUT2D eigenvalue weighted by atomic mass is 32.2. The Hall–Kier alpha value is -2.19. The van der Waals surface area contributed by atoms with Crippen molar-refractivity contribution in [1.29, 1.82) is 0 Å². The fourth-order valence-corrected chi connectivity index (χ4v) is 5.02. The third-order valence-corrected chi connectivity index (χ3v) is 6.46. The van der Waals surface area contributed by atoms with Crippen LogP contribution in [0, 0.1) is 13.8 Å². The van der Waals surface area contributed by atoms with E-state index in [0.717, 1.165) is 5.75 Å². The van der Waals surface area contributed by atoms with Crippen molar-refractivity contribution < 1.29 is 4.74 Å². The summed E-state index contributed by atoms with van der Waals surface area (Å²) in [7, 11) is 1.60. The molecule has 0 aliphatic rings. The van der Waals surface area contributed by atoms with Gasteiger partial charge in [-0.25, -0.2) is 0 Å². The second kappa shape index (κ2) is 6.93. The van der Waals surface area contributed by atoms with Crippen LogP contribution in [0.15, 0.2) is 87.5 Å². The van der Waals surface area contributed by atoms with E-state index < -0.39 is 0 Å². The van der Waals surface area contributed by atoms with Crippen LogP contribution in [-0.2, 0) is 10.9 Å². The molecule has 3 aromatic carbocycles. The molecule has 1 nitrogen and oxygen atoms in total. The summed E-state index contributed by atoms with van der Waals surface area (Å²) in [5, 5.41) is 0. The summed E-state index contributed by atoms with van der Waals surface area (Å²) >= 11 is 0. The van der Waals surface area contributed by atoms with E-state index in [1.165, 1.54) is 25.8 Å². The van der Waals surface area contributed by atoms with Crippen molar-refractivity contribution in [2.24, 2.45) is 0 Å². The summed E-state index contributed by atoms with van der Waals surface area (Å²) in [5.74, 6) is 0.895. The topological polar surface area (TPSA) is 9.23 Å². The van der Waals surface area contributed by atoms with Crippen LogP contribution in [-0.4, -0.2) is 7.11 Å². The van der Waals surface area contributed by atoms with Gasteiger partial charge < -0.3 is 4.74 Å². The second-order valence-electron chi connectivity index (χ2n) is 5.51. The highest BCUT2D eigenvalue weighted by Gasteiger charge is 2.31. The van der Waals surface area contributed by atoms with Crippen LogP contribution in [0.5, 0.6) is 5.75 Å². The molecule has 3 rings (SSSR count). The maximum Gasteiger partial charge on any atom is 0.169 e. The first-order valence-electron chi connectivity index (χ1n) is 7.70. The third-order valence-electron chi connectivity index (χ3n) is 3.92. The Labute approximate surface area is 141 Å². The fraction of sp³-hybridized carbons (Fsp3) is 0.143. The molecule has 0 aliphatic heterocycles. The van der Waals surface area contributed by atoms with E-state index in [-0.39, 0.29) is 10.9 Å². The maximum absolute atomic E-state index is 5.31. The maximum atomic E-state index is 5.31. The summed E-state index contributed by atoms with van der Waals surface area (Å²) in [5.41, 5.74) is 2.66. The Morgan fingerprint density at radius 2 is 1.13 bits per heavy atom. The van der Waals surface area contributed by atoms with E-state index in [4.69, 9.17) is 4.74 Å². The molecule has 0 unspecified atom stereocenters. The quantitative estimate of drug-likeness (QED) is 0.584. The smallest absolute Gasteiger partial charge is 0.169 e. The molecule has 0 aliphatic carbocycles. The SMILES string of the molecule is COc1ccc([S+](c2ccccc2C)c2ccccc2C)cc1. The van der Waals surface area contributed by atoms with Crippen molar-refractivity contribution in [3.05, 3.63) is 83.9 Å². The van der Waals surface area contributed by atoms with E-state index in [9.17, 15) is 0 Å². The van der Waals surface area contributed by atoms with Gasteiger partial charge in [-0.05, 0) is 50.2 Å². The van der Waals surface area contributed by atoms with E-state index >= 15 is 0 Å². The number of aryl methyl sites for hydroxylation is 2. The van der Waals surface area contributed by atoms with Crippen molar-refractivity contribution >= 4 is 10.9 Å². The van der Waals surface area contributed by atoms with Gasteiger partial charge in [-0.2, -0.15) is 0 Å². The zero-order valence-corrected chi connectivity index (χ0v) is 14.6. The number of benzene rings is 3. The molecule has 0 spiro atoms. The van der Waals surface area contributed by atoms with Gasteiger partial charge in [-0.3, -0.25) is 0 Å². The Morgan fingerprint density at radius 1 is 0.652 bits per heavy atom. The van der Waals surface area contributed by atoms with Crippen LogP contribution < -0.4 is 4.74 Å². The molecule has 0 bridgehead atoms. The normalized spacial score (nSPS) is 10.8. The molecule has 0 heterocycles. The minimum absolute atomic E-state index is 0.104. The molecule has 0 aromatic heterocycles. The molecule has 0 saturated carbocycles. The van der Waals surface area contributed by atoms with Crippen molar-refractivity contribution in [3.8, 4) is 5.75 Å². The van der Waals surface area contributed by atoms with Gasteiger partial charge in [0.1, 0.15) is 5.75 Å². The molecule has 0 N–H and O–H groups in total. The molecule has 3 aromatic rings. The molecule has 23 heavy (non-hydrogen) atoms. The minimum Gasteiger partial charge on any atom is -0.497 e. The third kappa shape index (κ3) is 3.27. The predicted octanol–water partition coefficient (Wildman–Crippen LogP) is 5.41. The number of rotatable bonds is 4. The van der Waals surface area contributed by atoms with Gasteiger partial charge in [-0.1, -0.05) is 36.4 Å². The molecule has 0 fully saturated rings. The Kier molecular flexibility index (Phi) is 4.73. The van der Waals surface area contributed by atoms with Crippen molar-refractivity contribution in [3.63, 3.8) is 0 Å². The first-order chi connectivity index (χ1) is 11.2. The van der Waals surface area contributed by atoms with Gasteiger partial charge in [0.25, 0.3) is 0 Å². The average molecular weight is 321 g/mol. The summed E-state index contributed by atoms with van der Waals surface area (Å²) in [4.78, 5) is 4.08. The summed E-state index contributed by atoms with van der Waals surface area (Å²) < 4.78 is 5.31. The van der Waals surface area contributed by atoms with Crippen LogP contribution in [0.25, 0.3) is 0 Å². The molecule has 2 heteroatoms. The number of ether oxygens (including phenoxy) is 1. The zero-order chi connectivity index (χ0) is 16.2. The lowest BCUT2D eigenvalue weighted by Gasteiger charge is -2.12. The molecular weight excluding hydrogens is 300 g/mol. The lowest BCUT2D eigenvalue weighted by Crippen LogP contribution is -2.08. The van der Waals surface area contributed by atoms with E-state index in [0.29, 0.717) is 0 Å². The van der Waals surface area contributed by atoms with Gasteiger partial charge in [0.15, 0.2) is 14.7 Å². The van der Waals surface area contributed by atoms with Crippen molar-refractivity contribution in [2.45, 2.75) is 28.5 Å². The monoisotopic (exact) mass is 321 g/mol. The highest BCUT2D eigenvalue weighted by molar-refractivity contribution is 7.97. The van der Waals surface area contributed by atoms with E-state index in [1.807, 2.05) is 12.1 Å². The zero-order valence-electron chi connectivity index (χ0n) is 13.7. The largest absolute Gasteiger partial charge is 0.497 e. The van der Waals surface area contributed by atoms with Crippen LogP contribution in [0.4, 0.5) is 0 Å². The molecular formula is C21H21OS+. The molecule has 0 amide bonds. The standard InChI is InChI=1S/C21H21OS/c1-16-8-4-6-10-20(16)23(21-11-7-5-9-17(21)2)19-14-12-18(22-3)13-15-19/h4-15H,1-3H3/q+1. The summed E-state index contributed by atoms with van der Waals surface area (Å²) in [6.45, 7) is 4.38. The van der Waals surface area contributed by atoms with Crippen molar-refractivity contribution in [2.75, 3.05) is 7.11 Å². The van der Waals surface area contributed by atoms with Crippen molar-refractivity contribution in [1.82, 2.24) is 0 Å². The number of hydrogen-bond acceptors (Lipinski definition) is 1. The second-order valence-corrected chi connectivity index (χ2v) is 7.48. The van der Waals surface area contributed by atoms with E-state index in [2.05, 4.69) is 74.5 Å². The molecule has 0 saturated heterocycles. The lowest BCUT2D eigenvalue weighted by molar-refractivity contribution is 0.414. The van der Waals surface area contributed by atoms with Crippen LogP contribution in [0.1, 0.15) is 11.1 Å². The predicted molar refractivity (Wildman–Crippen MR) is 97.5 cm³/mol. The Morgan fingerprint density at radius 3 is 1.57 bits per heavy atom. The van der Waals surface area contributed by atoms with Gasteiger partial charge in [0.05, 0.1) is 18.0 Å². The highest BCUT2D eigenvalue weighted by Crippen LogP contribution is 2.35. The lowest BCUT2D eigenvalue weighted by atomic mass is 10.2.